The van der Waals surface area contributed by atoms with Gasteiger partial charge in [-0.3, -0.25) is 0 Å². The summed E-state index contributed by atoms with van der Waals surface area (Å²) in [4.78, 5) is 18.0. The Kier molecular flexibility index (Phi) is 6.30. The van der Waals surface area contributed by atoms with Crippen LogP contribution in [0.4, 0.5) is 10.2 Å². The lowest BCUT2D eigenvalue weighted by Gasteiger charge is -2.31. The number of anilines is 1. The topological polar surface area (TPSA) is 62.7 Å². The maximum Gasteiger partial charge on any atom is 0.336 e. The van der Waals surface area contributed by atoms with Crippen LogP contribution in [0.2, 0.25) is 10.0 Å². The summed E-state index contributed by atoms with van der Waals surface area (Å²) in [5, 5.41) is 10.4. The van der Waals surface area contributed by atoms with E-state index in [1.54, 1.807) is 30.3 Å². The summed E-state index contributed by atoms with van der Waals surface area (Å²) in [6.07, 6.45) is 2.99. The number of nitrogens with zero attached hydrogens (tertiary/aromatic N) is 2. The average Bonchev–Trinajstić information content (AvgIpc) is 2.74. The smallest absolute Gasteiger partial charge is 0.336 e. The molecule has 0 atom stereocenters. The quantitative estimate of drug-likeness (QED) is 0.506. The molecule has 0 fully saturated rings. The summed E-state index contributed by atoms with van der Waals surface area (Å²) in [5.41, 5.74) is 2.20. The molecule has 0 aliphatic carbocycles. The third-order valence-corrected chi connectivity index (χ3v) is 5.67. The number of pyridine rings is 1. The summed E-state index contributed by atoms with van der Waals surface area (Å²) >= 11 is 12.0. The van der Waals surface area contributed by atoms with E-state index >= 15 is 0 Å². The minimum Gasteiger partial charge on any atom is -0.488 e. The van der Waals surface area contributed by atoms with E-state index in [2.05, 4.69) is 4.98 Å². The zero-order valence-electron chi connectivity index (χ0n) is 16.4. The van der Waals surface area contributed by atoms with E-state index in [0.717, 1.165) is 24.1 Å². The largest absolute Gasteiger partial charge is 0.488 e. The van der Waals surface area contributed by atoms with E-state index in [1.165, 1.54) is 18.3 Å². The number of benzene rings is 2. The number of hydrogen-bond donors (Lipinski definition) is 1. The fraction of sp³-hybridized carbons (Fsp3) is 0.217. The highest BCUT2D eigenvalue weighted by molar-refractivity contribution is 6.30. The minimum atomic E-state index is -0.961. The average molecular weight is 461 g/mol. The lowest BCUT2D eigenvalue weighted by molar-refractivity contribution is 0.0695. The molecule has 31 heavy (non-hydrogen) atoms. The molecule has 1 aliphatic heterocycles. The molecule has 0 amide bonds. The Morgan fingerprint density at radius 2 is 1.90 bits per heavy atom. The van der Waals surface area contributed by atoms with Crippen LogP contribution in [0.3, 0.4) is 0 Å². The van der Waals surface area contributed by atoms with Gasteiger partial charge in [0.2, 0.25) is 0 Å². The SMILES string of the molecule is O=C(O)c1ccnc2c1CCCN2Cc1cc(Cl)ccc1OCc1ccc(Cl)cc1F. The Morgan fingerprint density at radius 1 is 1.13 bits per heavy atom. The molecule has 2 heterocycles. The van der Waals surface area contributed by atoms with Gasteiger partial charge in [0, 0.05) is 46.0 Å². The van der Waals surface area contributed by atoms with Gasteiger partial charge in [0.05, 0.1) is 5.56 Å². The number of fused-ring (bicyclic) bond motifs is 1. The second-order valence-corrected chi connectivity index (χ2v) is 8.14. The van der Waals surface area contributed by atoms with Crippen LogP contribution < -0.4 is 9.64 Å². The Bertz CT molecular complexity index is 1140. The molecule has 1 aromatic heterocycles. The van der Waals surface area contributed by atoms with E-state index in [0.29, 0.717) is 40.1 Å². The van der Waals surface area contributed by atoms with E-state index in [-0.39, 0.29) is 12.2 Å². The zero-order chi connectivity index (χ0) is 22.0. The number of aromatic carboxylic acids is 1. The predicted octanol–water partition coefficient (Wildman–Crippen LogP) is 5.76. The highest BCUT2D eigenvalue weighted by Gasteiger charge is 2.24. The zero-order valence-corrected chi connectivity index (χ0v) is 18.0. The summed E-state index contributed by atoms with van der Waals surface area (Å²) in [6, 6.07) is 11.2. The van der Waals surface area contributed by atoms with Crippen molar-refractivity contribution in [2.45, 2.75) is 26.0 Å². The summed E-state index contributed by atoms with van der Waals surface area (Å²) < 4.78 is 20.0. The van der Waals surface area contributed by atoms with Crippen molar-refractivity contribution in [2.24, 2.45) is 0 Å². The van der Waals surface area contributed by atoms with E-state index in [9.17, 15) is 14.3 Å². The van der Waals surface area contributed by atoms with Crippen LogP contribution in [0.5, 0.6) is 5.75 Å². The number of hydrogen-bond acceptors (Lipinski definition) is 4. The first-order valence-corrected chi connectivity index (χ1v) is 10.5. The van der Waals surface area contributed by atoms with Gasteiger partial charge in [-0.2, -0.15) is 0 Å². The highest BCUT2D eigenvalue weighted by atomic mass is 35.5. The first kappa shape index (κ1) is 21.4. The number of aromatic nitrogens is 1. The summed E-state index contributed by atoms with van der Waals surface area (Å²) in [7, 11) is 0. The van der Waals surface area contributed by atoms with Crippen LogP contribution >= 0.6 is 23.2 Å². The number of carboxylic acid groups (broad SMARTS) is 1. The van der Waals surface area contributed by atoms with Crippen molar-refractivity contribution >= 4 is 35.0 Å². The standard InChI is InChI=1S/C23H19Cl2FN2O3/c24-16-5-6-21(31-13-14-3-4-17(25)11-20(14)26)15(10-16)12-28-9-1-2-18-19(23(29)30)7-8-27-22(18)28/h3-8,10-11H,1-2,9,12-13H2,(H,29,30). The maximum absolute atomic E-state index is 14.1. The van der Waals surface area contributed by atoms with Gasteiger partial charge in [0.15, 0.2) is 0 Å². The molecular formula is C23H19Cl2FN2O3. The fourth-order valence-electron chi connectivity index (χ4n) is 3.72. The molecule has 0 bridgehead atoms. The molecule has 160 valence electrons. The van der Waals surface area contributed by atoms with Crippen molar-refractivity contribution in [3.05, 3.63) is 86.8 Å². The molecule has 0 radical (unpaired) electrons. The molecule has 0 spiro atoms. The predicted molar refractivity (Wildman–Crippen MR) is 118 cm³/mol. The second-order valence-electron chi connectivity index (χ2n) is 7.27. The Balaban J connectivity index is 1.59. The fourth-order valence-corrected chi connectivity index (χ4v) is 4.07. The van der Waals surface area contributed by atoms with Crippen molar-refractivity contribution in [1.82, 2.24) is 4.98 Å². The lowest BCUT2D eigenvalue weighted by atomic mass is 9.99. The van der Waals surface area contributed by atoms with Crippen molar-refractivity contribution < 1.29 is 19.0 Å². The Morgan fingerprint density at radius 3 is 2.68 bits per heavy atom. The molecule has 0 unspecified atom stereocenters. The van der Waals surface area contributed by atoms with Crippen LogP contribution in [-0.4, -0.2) is 22.6 Å². The third kappa shape index (κ3) is 4.75. The summed E-state index contributed by atoms with van der Waals surface area (Å²) in [6.45, 7) is 1.19. The number of halogens is 3. The van der Waals surface area contributed by atoms with Crippen LogP contribution in [0, 0.1) is 5.82 Å². The maximum atomic E-state index is 14.1. The number of rotatable bonds is 6. The number of carboxylic acids is 1. The molecule has 1 N–H and O–H groups in total. The van der Waals surface area contributed by atoms with E-state index in [4.69, 9.17) is 27.9 Å². The van der Waals surface area contributed by atoms with Gasteiger partial charge in [-0.25, -0.2) is 14.2 Å². The van der Waals surface area contributed by atoms with Crippen LogP contribution in [-0.2, 0) is 19.6 Å². The Labute approximate surface area is 189 Å². The van der Waals surface area contributed by atoms with Crippen molar-refractivity contribution in [2.75, 3.05) is 11.4 Å². The molecule has 3 aromatic rings. The van der Waals surface area contributed by atoms with Gasteiger partial charge in [-0.1, -0.05) is 29.3 Å². The van der Waals surface area contributed by atoms with Crippen LogP contribution in [0.1, 0.15) is 33.5 Å². The molecule has 0 saturated heterocycles. The van der Waals surface area contributed by atoms with Crippen LogP contribution in [0.15, 0.2) is 48.7 Å². The number of ether oxygens (including phenoxy) is 1. The first-order chi connectivity index (χ1) is 14.9. The lowest BCUT2D eigenvalue weighted by Crippen LogP contribution is -2.31. The monoisotopic (exact) mass is 460 g/mol. The van der Waals surface area contributed by atoms with Gasteiger partial charge in [0.1, 0.15) is 24.0 Å². The van der Waals surface area contributed by atoms with Gasteiger partial charge in [0.25, 0.3) is 0 Å². The summed E-state index contributed by atoms with van der Waals surface area (Å²) in [5.74, 6) is -0.170. The third-order valence-electron chi connectivity index (χ3n) is 5.20. The normalized spacial score (nSPS) is 13.1. The van der Waals surface area contributed by atoms with Gasteiger partial charge >= 0.3 is 5.97 Å². The molecule has 1 aliphatic rings. The Hall–Kier alpha value is -2.83. The molecule has 4 rings (SSSR count). The van der Waals surface area contributed by atoms with Crippen molar-refractivity contribution in [3.8, 4) is 5.75 Å². The van der Waals surface area contributed by atoms with E-state index < -0.39 is 11.8 Å². The minimum absolute atomic E-state index is 0.0373. The second kappa shape index (κ2) is 9.12. The molecular weight excluding hydrogens is 442 g/mol. The van der Waals surface area contributed by atoms with E-state index in [1.807, 2.05) is 4.90 Å². The van der Waals surface area contributed by atoms with Gasteiger partial charge in [-0.15, -0.1) is 0 Å². The molecule has 0 saturated carbocycles. The van der Waals surface area contributed by atoms with Crippen molar-refractivity contribution in [1.29, 1.82) is 0 Å². The molecule has 2 aromatic carbocycles. The van der Waals surface area contributed by atoms with Crippen molar-refractivity contribution in [3.63, 3.8) is 0 Å². The highest BCUT2D eigenvalue weighted by Crippen LogP contribution is 2.32. The molecule has 8 heteroatoms. The van der Waals surface area contributed by atoms with Gasteiger partial charge in [-0.05, 0) is 49.2 Å². The van der Waals surface area contributed by atoms with Crippen LogP contribution in [0.25, 0.3) is 0 Å². The molecule has 5 nitrogen and oxygen atoms in total. The number of carbonyl (C=O) groups is 1. The van der Waals surface area contributed by atoms with Gasteiger partial charge < -0.3 is 14.7 Å². The first-order valence-electron chi connectivity index (χ1n) is 9.73.